The summed E-state index contributed by atoms with van der Waals surface area (Å²) in [5, 5.41) is 14.2. The molecule has 1 aromatic rings. The minimum absolute atomic E-state index is 0.0264. The number of carbonyl (C=O) groups excluding carboxylic acids is 2. The van der Waals surface area contributed by atoms with Gasteiger partial charge in [-0.3, -0.25) is 9.59 Å². The van der Waals surface area contributed by atoms with Crippen LogP contribution in [0.5, 0.6) is 0 Å². The Balaban J connectivity index is 2.73. The number of carboxylic acid groups (broad SMARTS) is 1. The number of hydrogen-bond donors (Lipinski definition) is 5. The van der Waals surface area contributed by atoms with E-state index in [1.54, 1.807) is 18.2 Å². The third-order valence-electron chi connectivity index (χ3n) is 3.10. The summed E-state index contributed by atoms with van der Waals surface area (Å²) in [5.41, 5.74) is 6.10. The van der Waals surface area contributed by atoms with Crippen LogP contribution >= 0.6 is 12.6 Å². The van der Waals surface area contributed by atoms with Gasteiger partial charge in [0.15, 0.2) is 0 Å². The van der Waals surface area contributed by atoms with E-state index in [0.717, 1.165) is 0 Å². The van der Waals surface area contributed by atoms with Gasteiger partial charge in [-0.15, -0.1) is 0 Å². The molecule has 5 N–H and O–H groups in total. The zero-order valence-corrected chi connectivity index (χ0v) is 13.5. The first kappa shape index (κ1) is 19.0. The SMILES string of the molecule is NCCCC[C@H](NC(=O)c1cccc(NC(=O)CS)c1)C(=O)O. The Morgan fingerprint density at radius 2 is 2.00 bits per heavy atom. The highest BCUT2D eigenvalue weighted by molar-refractivity contribution is 7.81. The molecule has 0 unspecified atom stereocenters. The van der Waals surface area contributed by atoms with Crippen LogP contribution in [0.15, 0.2) is 24.3 Å². The molecule has 0 heterocycles. The zero-order chi connectivity index (χ0) is 17.2. The molecule has 0 bridgehead atoms. The molecule has 1 atom stereocenters. The molecule has 8 heteroatoms. The molecule has 0 aliphatic rings. The first-order chi connectivity index (χ1) is 11.0. The lowest BCUT2D eigenvalue weighted by atomic mass is 10.1. The van der Waals surface area contributed by atoms with Gasteiger partial charge in [0.05, 0.1) is 5.75 Å². The van der Waals surface area contributed by atoms with E-state index in [4.69, 9.17) is 10.8 Å². The molecule has 0 spiro atoms. The van der Waals surface area contributed by atoms with Crippen molar-refractivity contribution in [1.82, 2.24) is 5.32 Å². The quantitative estimate of drug-likeness (QED) is 0.337. The molecule has 0 saturated carbocycles. The fourth-order valence-electron chi connectivity index (χ4n) is 1.93. The summed E-state index contributed by atoms with van der Waals surface area (Å²) in [6.45, 7) is 0.479. The second kappa shape index (κ2) is 9.86. The lowest BCUT2D eigenvalue weighted by Gasteiger charge is -2.14. The van der Waals surface area contributed by atoms with Gasteiger partial charge in [0.2, 0.25) is 5.91 Å². The number of anilines is 1. The minimum atomic E-state index is -1.09. The molecule has 0 aliphatic carbocycles. The van der Waals surface area contributed by atoms with Gasteiger partial charge in [-0.05, 0) is 44.0 Å². The number of hydrogen-bond acceptors (Lipinski definition) is 5. The Morgan fingerprint density at radius 3 is 2.61 bits per heavy atom. The van der Waals surface area contributed by atoms with Gasteiger partial charge in [0, 0.05) is 11.3 Å². The summed E-state index contributed by atoms with van der Waals surface area (Å²) >= 11 is 3.86. The summed E-state index contributed by atoms with van der Waals surface area (Å²) in [4.78, 5) is 34.7. The Labute approximate surface area is 140 Å². The molecule has 2 amide bonds. The zero-order valence-electron chi connectivity index (χ0n) is 12.6. The van der Waals surface area contributed by atoms with E-state index in [1.165, 1.54) is 6.07 Å². The lowest BCUT2D eigenvalue weighted by Crippen LogP contribution is -2.40. The van der Waals surface area contributed by atoms with E-state index in [9.17, 15) is 14.4 Å². The third-order valence-corrected chi connectivity index (χ3v) is 3.39. The van der Waals surface area contributed by atoms with Gasteiger partial charge in [0.25, 0.3) is 5.91 Å². The highest BCUT2D eigenvalue weighted by Gasteiger charge is 2.20. The fraction of sp³-hybridized carbons (Fsp3) is 0.400. The highest BCUT2D eigenvalue weighted by atomic mass is 32.1. The van der Waals surface area contributed by atoms with Crippen LogP contribution in [0.4, 0.5) is 5.69 Å². The molecular weight excluding hydrogens is 318 g/mol. The van der Waals surface area contributed by atoms with Crippen LogP contribution in [0.3, 0.4) is 0 Å². The van der Waals surface area contributed by atoms with Gasteiger partial charge in [-0.2, -0.15) is 12.6 Å². The van der Waals surface area contributed by atoms with Gasteiger partial charge in [-0.25, -0.2) is 4.79 Å². The number of carbonyl (C=O) groups is 3. The van der Waals surface area contributed by atoms with Crippen LogP contribution in [0, 0.1) is 0 Å². The standard InChI is InChI=1S/C15H21N3O4S/c16-7-2-1-6-12(15(21)22)18-14(20)10-4-3-5-11(8-10)17-13(19)9-23/h3-5,8,12,23H,1-2,6-7,9,16H2,(H,17,19)(H,18,20)(H,21,22)/t12-/m0/s1. The molecule has 0 radical (unpaired) electrons. The average Bonchev–Trinajstić information content (AvgIpc) is 2.53. The number of carboxylic acids is 1. The number of nitrogens with two attached hydrogens (primary N) is 1. The maximum atomic E-state index is 12.2. The molecule has 0 aliphatic heterocycles. The summed E-state index contributed by atoms with van der Waals surface area (Å²) in [7, 11) is 0. The topological polar surface area (TPSA) is 122 Å². The van der Waals surface area contributed by atoms with Gasteiger partial charge in [0.1, 0.15) is 6.04 Å². The monoisotopic (exact) mass is 339 g/mol. The maximum Gasteiger partial charge on any atom is 0.326 e. The van der Waals surface area contributed by atoms with Gasteiger partial charge in [-0.1, -0.05) is 6.07 Å². The first-order valence-electron chi connectivity index (χ1n) is 7.22. The summed E-state index contributed by atoms with van der Waals surface area (Å²) < 4.78 is 0. The predicted octanol–water partition coefficient (Wildman–Crippen LogP) is 0.867. The van der Waals surface area contributed by atoms with Crippen molar-refractivity contribution >= 4 is 36.1 Å². The number of amides is 2. The molecule has 23 heavy (non-hydrogen) atoms. The lowest BCUT2D eigenvalue weighted by molar-refractivity contribution is -0.139. The van der Waals surface area contributed by atoms with E-state index in [-0.39, 0.29) is 17.2 Å². The molecule has 1 aromatic carbocycles. The largest absolute Gasteiger partial charge is 0.480 e. The number of unbranched alkanes of at least 4 members (excludes halogenated alkanes) is 1. The van der Waals surface area contributed by atoms with Crippen molar-refractivity contribution in [3.8, 4) is 0 Å². The molecular formula is C15H21N3O4S. The maximum absolute atomic E-state index is 12.2. The first-order valence-corrected chi connectivity index (χ1v) is 7.85. The van der Waals surface area contributed by atoms with Crippen molar-refractivity contribution in [2.75, 3.05) is 17.6 Å². The number of rotatable bonds is 9. The van der Waals surface area contributed by atoms with Crippen molar-refractivity contribution in [3.63, 3.8) is 0 Å². The van der Waals surface area contributed by atoms with Crippen LogP contribution in [0.2, 0.25) is 0 Å². The summed E-state index contributed by atoms with van der Waals surface area (Å²) in [6.07, 6.45) is 1.63. The average molecular weight is 339 g/mol. The van der Waals surface area contributed by atoms with Gasteiger partial charge < -0.3 is 21.5 Å². The van der Waals surface area contributed by atoms with E-state index < -0.39 is 17.9 Å². The van der Waals surface area contributed by atoms with E-state index in [2.05, 4.69) is 23.3 Å². The number of nitrogens with one attached hydrogen (secondary N) is 2. The third kappa shape index (κ3) is 6.70. The number of benzene rings is 1. The van der Waals surface area contributed by atoms with E-state index >= 15 is 0 Å². The Bertz CT molecular complexity index is 565. The predicted molar refractivity (Wildman–Crippen MR) is 90.7 cm³/mol. The second-order valence-corrected chi connectivity index (χ2v) is 5.25. The normalized spacial score (nSPS) is 11.6. The van der Waals surface area contributed by atoms with Crippen LogP contribution in [-0.4, -0.2) is 41.2 Å². The van der Waals surface area contributed by atoms with Crippen LogP contribution in [-0.2, 0) is 9.59 Å². The van der Waals surface area contributed by atoms with Crippen LogP contribution in [0.1, 0.15) is 29.6 Å². The Hall–Kier alpha value is -2.06. The molecule has 1 rings (SSSR count). The van der Waals surface area contributed by atoms with Crippen molar-refractivity contribution in [1.29, 1.82) is 0 Å². The van der Waals surface area contributed by atoms with Crippen molar-refractivity contribution < 1.29 is 19.5 Å². The Kier molecular flexibility index (Phi) is 8.14. The molecule has 126 valence electrons. The molecule has 0 saturated heterocycles. The van der Waals surface area contributed by atoms with E-state index in [1.807, 2.05) is 0 Å². The molecule has 7 nitrogen and oxygen atoms in total. The number of thiol groups is 1. The second-order valence-electron chi connectivity index (χ2n) is 4.94. The Morgan fingerprint density at radius 1 is 1.26 bits per heavy atom. The van der Waals surface area contributed by atoms with Crippen molar-refractivity contribution in [2.24, 2.45) is 5.73 Å². The highest BCUT2D eigenvalue weighted by Crippen LogP contribution is 2.11. The van der Waals surface area contributed by atoms with Gasteiger partial charge >= 0.3 is 5.97 Å². The molecule has 0 aromatic heterocycles. The smallest absolute Gasteiger partial charge is 0.326 e. The fourth-order valence-corrected chi connectivity index (χ4v) is 2.01. The van der Waals surface area contributed by atoms with Crippen molar-refractivity contribution in [3.05, 3.63) is 29.8 Å². The summed E-state index contributed by atoms with van der Waals surface area (Å²) in [5.74, 6) is -1.86. The van der Waals surface area contributed by atoms with Crippen molar-refractivity contribution in [2.45, 2.75) is 25.3 Å². The molecule has 0 fully saturated rings. The van der Waals surface area contributed by atoms with Crippen LogP contribution in [0.25, 0.3) is 0 Å². The van der Waals surface area contributed by atoms with Crippen LogP contribution < -0.4 is 16.4 Å². The number of aliphatic carboxylic acids is 1. The minimum Gasteiger partial charge on any atom is -0.480 e. The summed E-state index contributed by atoms with van der Waals surface area (Å²) in [6, 6.07) is 5.30. The van der Waals surface area contributed by atoms with E-state index in [0.29, 0.717) is 31.5 Å².